The molecule has 0 saturated heterocycles. The van der Waals surface area contributed by atoms with Gasteiger partial charge in [-0.3, -0.25) is 0 Å². The summed E-state index contributed by atoms with van der Waals surface area (Å²) in [6.07, 6.45) is -3.12. The van der Waals surface area contributed by atoms with Gasteiger partial charge in [-0.05, 0) is 13.0 Å². The van der Waals surface area contributed by atoms with Gasteiger partial charge in [-0.2, -0.15) is 13.2 Å². The number of rotatable bonds is 9. The molecule has 0 aliphatic carbocycles. The fraction of sp³-hybridized carbons (Fsp3) is 0.818. The Hall–Kier alpha value is -1.15. The van der Waals surface area contributed by atoms with Crippen LogP contribution in [0.3, 0.4) is 0 Å². The highest BCUT2D eigenvalue weighted by Crippen LogP contribution is 2.20. The summed E-state index contributed by atoms with van der Waals surface area (Å²) in [7, 11) is 0. The topological polar surface area (TPSA) is 52.0 Å². The van der Waals surface area contributed by atoms with Gasteiger partial charge < -0.3 is 10.1 Å². The lowest BCUT2D eigenvalue weighted by atomic mass is 10.3. The molecule has 0 atom stereocenters. The van der Waals surface area contributed by atoms with Crippen LogP contribution in [0, 0.1) is 0 Å². The van der Waals surface area contributed by atoms with Crippen molar-refractivity contribution in [1.82, 2.24) is 20.3 Å². The molecule has 0 spiro atoms. The highest BCUT2D eigenvalue weighted by atomic mass is 19.4. The summed E-state index contributed by atoms with van der Waals surface area (Å²) in [5.41, 5.74) is 0.832. The van der Waals surface area contributed by atoms with Gasteiger partial charge in [0.1, 0.15) is 0 Å². The van der Waals surface area contributed by atoms with Crippen molar-refractivity contribution in [3.63, 3.8) is 0 Å². The normalized spacial score (nSPS) is 12.0. The van der Waals surface area contributed by atoms with E-state index in [9.17, 15) is 13.2 Å². The van der Waals surface area contributed by atoms with E-state index in [1.165, 1.54) is 0 Å². The quantitative estimate of drug-likeness (QED) is 0.700. The molecule has 0 aliphatic rings. The van der Waals surface area contributed by atoms with Crippen LogP contribution in [0.2, 0.25) is 0 Å². The lowest BCUT2D eigenvalue weighted by Gasteiger charge is -2.06. The van der Waals surface area contributed by atoms with Gasteiger partial charge in [0.15, 0.2) is 0 Å². The van der Waals surface area contributed by atoms with Gasteiger partial charge >= 0.3 is 6.18 Å². The van der Waals surface area contributed by atoms with Crippen molar-refractivity contribution in [1.29, 1.82) is 0 Å². The van der Waals surface area contributed by atoms with E-state index >= 15 is 0 Å². The fourth-order valence-corrected chi connectivity index (χ4v) is 1.42. The van der Waals surface area contributed by atoms with Gasteiger partial charge in [0, 0.05) is 25.8 Å². The van der Waals surface area contributed by atoms with Gasteiger partial charge in [0.25, 0.3) is 0 Å². The zero-order valence-corrected chi connectivity index (χ0v) is 10.9. The Morgan fingerprint density at radius 3 is 2.84 bits per heavy atom. The zero-order chi connectivity index (χ0) is 14.1. The molecule has 0 bridgehead atoms. The number of halogens is 3. The molecule has 1 rings (SSSR count). The summed E-state index contributed by atoms with van der Waals surface area (Å²) in [5, 5.41) is 11.0. The molecule has 19 heavy (non-hydrogen) atoms. The second kappa shape index (κ2) is 8.11. The minimum Gasteiger partial charge on any atom is -0.380 e. The predicted molar refractivity (Wildman–Crippen MR) is 63.5 cm³/mol. The maximum atomic E-state index is 11.9. The van der Waals surface area contributed by atoms with Crippen LogP contribution in [0.15, 0.2) is 6.20 Å². The van der Waals surface area contributed by atoms with Crippen LogP contribution in [0.4, 0.5) is 13.2 Å². The monoisotopic (exact) mass is 280 g/mol. The molecule has 0 aliphatic heterocycles. The summed E-state index contributed by atoms with van der Waals surface area (Å²) in [4.78, 5) is 0. The molecule has 0 fully saturated rings. The van der Waals surface area contributed by atoms with E-state index in [0.717, 1.165) is 12.2 Å². The molecule has 0 unspecified atom stereocenters. The lowest BCUT2D eigenvalue weighted by molar-refractivity contribution is -0.137. The Morgan fingerprint density at radius 2 is 2.16 bits per heavy atom. The first-order valence-corrected chi connectivity index (χ1v) is 6.25. The van der Waals surface area contributed by atoms with Crippen LogP contribution < -0.4 is 5.32 Å². The SMILES string of the molecule is CCNCc1cn(CCOCCCC(F)(F)F)nn1. The number of hydrogen-bond acceptors (Lipinski definition) is 4. The van der Waals surface area contributed by atoms with Gasteiger partial charge in [-0.1, -0.05) is 12.1 Å². The van der Waals surface area contributed by atoms with Crippen LogP contribution in [0.25, 0.3) is 0 Å². The number of nitrogens with one attached hydrogen (secondary N) is 1. The largest absolute Gasteiger partial charge is 0.389 e. The molecule has 5 nitrogen and oxygen atoms in total. The average molecular weight is 280 g/mol. The molecular formula is C11H19F3N4O. The van der Waals surface area contributed by atoms with Crippen LogP contribution in [0.5, 0.6) is 0 Å². The molecule has 1 heterocycles. The average Bonchev–Trinajstić information content (AvgIpc) is 2.77. The van der Waals surface area contributed by atoms with Gasteiger partial charge in [0.2, 0.25) is 0 Å². The Bertz CT molecular complexity index is 354. The van der Waals surface area contributed by atoms with Crippen molar-refractivity contribution < 1.29 is 17.9 Å². The third-order valence-electron chi connectivity index (χ3n) is 2.36. The summed E-state index contributed by atoms with van der Waals surface area (Å²) in [6.45, 7) is 4.45. The van der Waals surface area contributed by atoms with E-state index in [0.29, 0.717) is 19.7 Å². The van der Waals surface area contributed by atoms with Gasteiger partial charge in [-0.15, -0.1) is 5.10 Å². The van der Waals surface area contributed by atoms with Crippen molar-refractivity contribution in [2.75, 3.05) is 19.8 Å². The molecule has 1 aromatic heterocycles. The first-order valence-electron chi connectivity index (χ1n) is 6.25. The fourth-order valence-electron chi connectivity index (χ4n) is 1.42. The number of ether oxygens (including phenoxy) is 1. The Morgan fingerprint density at radius 1 is 1.37 bits per heavy atom. The standard InChI is InChI=1S/C11H19F3N4O/c1-2-15-8-10-9-18(17-16-10)5-7-19-6-3-4-11(12,13)14/h9,15H,2-8H2,1H3. The molecule has 0 radical (unpaired) electrons. The predicted octanol–water partition coefficient (Wildman–Crippen LogP) is 1.75. The van der Waals surface area contributed by atoms with Crippen molar-refractivity contribution in [3.8, 4) is 0 Å². The first-order chi connectivity index (χ1) is 9.01. The number of aromatic nitrogens is 3. The smallest absolute Gasteiger partial charge is 0.380 e. The minimum absolute atomic E-state index is 0.00741. The van der Waals surface area contributed by atoms with E-state index in [-0.39, 0.29) is 13.0 Å². The molecule has 0 aromatic carbocycles. The van der Waals surface area contributed by atoms with E-state index in [1.807, 2.05) is 6.92 Å². The number of alkyl halides is 3. The van der Waals surface area contributed by atoms with Gasteiger partial charge in [0.05, 0.1) is 18.8 Å². The van der Waals surface area contributed by atoms with E-state index in [1.54, 1.807) is 10.9 Å². The van der Waals surface area contributed by atoms with Crippen molar-refractivity contribution in [2.24, 2.45) is 0 Å². The minimum atomic E-state index is -4.10. The molecule has 0 saturated carbocycles. The van der Waals surface area contributed by atoms with E-state index < -0.39 is 12.6 Å². The van der Waals surface area contributed by atoms with Crippen molar-refractivity contribution in [3.05, 3.63) is 11.9 Å². The third-order valence-corrected chi connectivity index (χ3v) is 2.36. The number of nitrogens with zero attached hydrogens (tertiary/aromatic N) is 3. The van der Waals surface area contributed by atoms with Crippen molar-refractivity contribution >= 4 is 0 Å². The molecule has 0 amide bonds. The third kappa shape index (κ3) is 7.78. The summed E-state index contributed by atoms with van der Waals surface area (Å²) < 4.78 is 42.3. The van der Waals surface area contributed by atoms with Crippen molar-refractivity contribution in [2.45, 2.75) is 39.0 Å². The molecule has 8 heteroatoms. The van der Waals surface area contributed by atoms with Crippen LogP contribution in [0.1, 0.15) is 25.5 Å². The highest BCUT2D eigenvalue weighted by molar-refractivity contribution is 4.91. The molecule has 110 valence electrons. The summed E-state index contributed by atoms with van der Waals surface area (Å²) in [6, 6.07) is 0. The van der Waals surface area contributed by atoms with Crippen LogP contribution >= 0.6 is 0 Å². The molecule has 1 aromatic rings. The van der Waals surface area contributed by atoms with Crippen LogP contribution in [-0.4, -0.2) is 40.9 Å². The first kappa shape index (κ1) is 15.9. The Kier molecular flexibility index (Phi) is 6.79. The second-order valence-electron chi connectivity index (χ2n) is 4.08. The highest BCUT2D eigenvalue weighted by Gasteiger charge is 2.25. The maximum absolute atomic E-state index is 11.9. The zero-order valence-electron chi connectivity index (χ0n) is 10.9. The van der Waals surface area contributed by atoms with Crippen LogP contribution in [-0.2, 0) is 17.8 Å². The second-order valence-corrected chi connectivity index (χ2v) is 4.08. The molecular weight excluding hydrogens is 261 g/mol. The Labute approximate surface area is 110 Å². The maximum Gasteiger partial charge on any atom is 0.389 e. The van der Waals surface area contributed by atoms with Gasteiger partial charge in [-0.25, -0.2) is 4.68 Å². The number of hydrogen-bond donors (Lipinski definition) is 1. The van der Waals surface area contributed by atoms with E-state index in [4.69, 9.17) is 4.74 Å². The summed E-state index contributed by atoms with van der Waals surface area (Å²) in [5.74, 6) is 0. The lowest BCUT2D eigenvalue weighted by Crippen LogP contribution is -2.12. The van der Waals surface area contributed by atoms with E-state index in [2.05, 4.69) is 15.6 Å². The Balaban J connectivity index is 2.07. The molecule has 1 N–H and O–H groups in total. The summed E-state index contributed by atoms with van der Waals surface area (Å²) >= 11 is 0.